The Hall–Kier alpha value is -2.89. The van der Waals surface area contributed by atoms with Crippen LogP contribution in [0.4, 0.5) is 0 Å². The van der Waals surface area contributed by atoms with Gasteiger partial charge in [-0.1, -0.05) is 351 Å². The molecule has 0 aromatic rings. The molecule has 0 aromatic carbocycles. The number of hydrogen-bond acceptors (Lipinski definition) is 6. The average molecular weight is 1160 g/mol. The van der Waals surface area contributed by atoms with Crippen LogP contribution in [0.25, 0.3) is 0 Å². The standard InChI is InChI=1S/C77H140O6/c1-4-7-10-13-16-19-22-25-28-30-31-32-33-34-35-36-37-38-39-40-41-42-43-44-45-47-49-52-55-58-61-64-67-70-76(79)82-73-74(72-81-75(78)69-66-63-60-57-54-51-48-27-24-21-18-15-12-9-6-3)83-77(80)71-68-65-62-59-56-53-50-46-29-26-23-20-17-14-11-8-5-2/h9,12,18,21,27,30-31,48,54,57,74H,4-8,10-11,13-17,19-20,22-26,28-29,32-47,49-53,55-56,58-73H2,1-3H3/b12-9-,21-18-,31-30-,48-27-,57-54-. The lowest BCUT2D eigenvalue weighted by atomic mass is 10.0. The van der Waals surface area contributed by atoms with Gasteiger partial charge in [-0.25, -0.2) is 0 Å². The van der Waals surface area contributed by atoms with E-state index < -0.39 is 6.10 Å². The quantitative estimate of drug-likeness (QED) is 0.0261. The molecule has 0 aliphatic rings. The molecule has 0 spiro atoms. The van der Waals surface area contributed by atoms with Gasteiger partial charge in [-0.3, -0.25) is 14.4 Å². The monoisotopic (exact) mass is 1160 g/mol. The summed E-state index contributed by atoms with van der Waals surface area (Å²) in [6.45, 7) is 6.56. The largest absolute Gasteiger partial charge is 0.462 e. The normalized spacial score (nSPS) is 12.4. The molecule has 0 saturated heterocycles. The third-order valence-electron chi connectivity index (χ3n) is 16.5. The van der Waals surface area contributed by atoms with E-state index in [-0.39, 0.29) is 31.1 Å². The zero-order valence-electron chi connectivity index (χ0n) is 55.7. The summed E-state index contributed by atoms with van der Waals surface area (Å²) in [6, 6.07) is 0. The Morgan fingerprint density at radius 2 is 0.470 bits per heavy atom. The van der Waals surface area contributed by atoms with Crippen molar-refractivity contribution in [2.75, 3.05) is 13.2 Å². The van der Waals surface area contributed by atoms with E-state index >= 15 is 0 Å². The van der Waals surface area contributed by atoms with Crippen LogP contribution in [0, 0.1) is 0 Å². The molecular formula is C77H140O6. The van der Waals surface area contributed by atoms with E-state index in [0.29, 0.717) is 19.3 Å². The number of carbonyl (C=O) groups is 3. The lowest BCUT2D eigenvalue weighted by Crippen LogP contribution is -2.30. The summed E-state index contributed by atoms with van der Waals surface area (Å²) < 4.78 is 17.0. The first-order chi connectivity index (χ1) is 41.0. The molecule has 0 aliphatic heterocycles. The van der Waals surface area contributed by atoms with Crippen LogP contribution in [0.2, 0.25) is 0 Å². The van der Waals surface area contributed by atoms with Gasteiger partial charge >= 0.3 is 17.9 Å². The van der Waals surface area contributed by atoms with Gasteiger partial charge < -0.3 is 14.2 Å². The van der Waals surface area contributed by atoms with Crippen LogP contribution in [0.3, 0.4) is 0 Å². The Bertz CT molecular complexity index is 1470. The number of esters is 3. The number of rotatable bonds is 68. The van der Waals surface area contributed by atoms with Crippen LogP contribution in [0.1, 0.15) is 393 Å². The molecule has 0 heterocycles. The van der Waals surface area contributed by atoms with E-state index in [4.69, 9.17) is 14.2 Å². The minimum atomic E-state index is -0.789. The third-order valence-corrected chi connectivity index (χ3v) is 16.5. The lowest BCUT2D eigenvalue weighted by molar-refractivity contribution is -0.167. The van der Waals surface area contributed by atoms with Crippen LogP contribution in [-0.2, 0) is 28.6 Å². The molecule has 0 rings (SSSR count). The summed E-state index contributed by atoms with van der Waals surface area (Å²) in [5, 5.41) is 0. The molecule has 0 fully saturated rings. The fourth-order valence-electron chi connectivity index (χ4n) is 11.0. The highest BCUT2D eigenvalue weighted by atomic mass is 16.6. The van der Waals surface area contributed by atoms with Crippen LogP contribution < -0.4 is 0 Å². The average Bonchev–Trinajstić information content (AvgIpc) is 3.49. The zero-order chi connectivity index (χ0) is 59.9. The molecule has 0 aromatic heterocycles. The van der Waals surface area contributed by atoms with E-state index in [0.717, 1.165) is 83.5 Å². The molecular weight excluding hydrogens is 1020 g/mol. The summed E-state index contributed by atoms with van der Waals surface area (Å²) in [7, 11) is 0. The number of carbonyl (C=O) groups excluding carboxylic acids is 3. The molecule has 484 valence electrons. The van der Waals surface area contributed by atoms with Gasteiger partial charge in [0.15, 0.2) is 6.10 Å². The van der Waals surface area contributed by atoms with Crippen molar-refractivity contribution in [3.8, 4) is 0 Å². The van der Waals surface area contributed by atoms with E-state index in [2.05, 4.69) is 81.5 Å². The molecule has 0 N–H and O–H groups in total. The molecule has 1 unspecified atom stereocenters. The maximum absolute atomic E-state index is 12.9. The van der Waals surface area contributed by atoms with Crippen molar-refractivity contribution in [2.45, 2.75) is 399 Å². The van der Waals surface area contributed by atoms with E-state index in [1.807, 2.05) is 0 Å². The maximum Gasteiger partial charge on any atom is 0.306 e. The zero-order valence-corrected chi connectivity index (χ0v) is 55.7. The van der Waals surface area contributed by atoms with Crippen molar-refractivity contribution >= 4 is 17.9 Å². The molecule has 6 heteroatoms. The molecule has 0 amide bonds. The van der Waals surface area contributed by atoms with Crippen molar-refractivity contribution in [1.29, 1.82) is 0 Å². The SMILES string of the molecule is CC/C=C\C/C=C\C/C=C\C/C=C\CCCCC(=O)OCC(COC(=O)CCCCCCCCCCCCCCCCCCCCCCC/C=C\CCCCCCCCCC)OC(=O)CCCCCCCCCCCCCCCCCCC. The van der Waals surface area contributed by atoms with Crippen molar-refractivity contribution in [3.63, 3.8) is 0 Å². The predicted molar refractivity (Wildman–Crippen MR) is 362 cm³/mol. The van der Waals surface area contributed by atoms with Crippen molar-refractivity contribution in [3.05, 3.63) is 60.8 Å². The molecule has 0 bridgehead atoms. The van der Waals surface area contributed by atoms with Crippen LogP contribution in [0.15, 0.2) is 60.8 Å². The van der Waals surface area contributed by atoms with Gasteiger partial charge in [0.2, 0.25) is 0 Å². The third kappa shape index (κ3) is 69.8. The highest BCUT2D eigenvalue weighted by molar-refractivity contribution is 5.71. The van der Waals surface area contributed by atoms with Crippen molar-refractivity contribution in [1.82, 2.24) is 0 Å². The summed E-state index contributed by atoms with van der Waals surface area (Å²) in [6.07, 6.45) is 92.8. The molecule has 0 aliphatic carbocycles. The molecule has 6 nitrogen and oxygen atoms in total. The Morgan fingerprint density at radius 1 is 0.253 bits per heavy atom. The summed E-state index contributed by atoms with van der Waals surface area (Å²) in [5.74, 6) is -0.900. The minimum Gasteiger partial charge on any atom is -0.462 e. The van der Waals surface area contributed by atoms with Gasteiger partial charge in [0.05, 0.1) is 0 Å². The lowest BCUT2D eigenvalue weighted by Gasteiger charge is -2.18. The summed E-state index contributed by atoms with van der Waals surface area (Å²) >= 11 is 0. The summed E-state index contributed by atoms with van der Waals surface area (Å²) in [5.41, 5.74) is 0. The van der Waals surface area contributed by atoms with Crippen molar-refractivity contribution in [2.24, 2.45) is 0 Å². The topological polar surface area (TPSA) is 78.9 Å². The Balaban J connectivity index is 4.16. The van der Waals surface area contributed by atoms with Gasteiger partial charge in [0.1, 0.15) is 13.2 Å². The summed E-state index contributed by atoms with van der Waals surface area (Å²) in [4.78, 5) is 38.4. The Kier molecular flexibility index (Phi) is 69.1. The van der Waals surface area contributed by atoms with Gasteiger partial charge in [-0.2, -0.15) is 0 Å². The number of ether oxygens (including phenoxy) is 3. The number of hydrogen-bond donors (Lipinski definition) is 0. The highest BCUT2D eigenvalue weighted by Crippen LogP contribution is 2.19. The second-order valence-corrected chi connectivity index (χ2v) is 24.8. The molecule has 0 radical (unpaired) electrons. The smallest absolute Gasteiger partial charge is 0.306 e. The number of allylic oxidation sites excluding steroid dienone is 10. The van der Waals surface area contributed by atoms with Crippen LogP contribution in [-0.4, -0.2) is 37.2 Å². The molecule has 0 saturated carbocycles. The Labute approximate surface area is 517 Å². The highest BCUT2D eigenvalue weighted by Gasteiger charge is 2.19. The molecule has 83 heavy (non-hydrogen) atoms. The Morgan fingerprint density at radius 3 is 0.771 bits per heavy atom. The van der Waals surface area contributed by atoms with E-state index in [1.54, 1.807) is 0 Å². The fourth-order valence-corrected chi connectivity index (χ4v) is 11.0. The first-order valence-corrected chi connectivity index (χ1v) is 36.8. The van der Waals surface area contributed by atoms with E-state index in [1.165, 1.54) is 270 Å². The van der Waals surface area contributed by atoms with Gasteiger partial charge in [0, 0.05) is 19.3 Å². The van der Waals surface area contributed by atoms with Gasteiger partial charge in [0.25, 0.3) is 0 Å². The first kappa shape index (κ1) is 80.1. The van der Waals surface area contributed by atoms with Gasteiger partial charge in [-0.15, -0.1) is 0 Å². The van der Waals surface area contributed by atoms with Gasteiger partial charge in [-0.05, 0) is 83.5 Å². The maximum atomic E-state index is 12.9. The first-order valence-electron chi connectivity index (χ1n) is 36.8. The van der Waals surface area contributed by atoms with Crippen LogP contribution in [0.5, 0.6) is 0 Å². The number of unbranched alkanes of at least 4 members (excludes halogenated alkanes) is 47. The minimum absolute atomic E-state index is 0.0823. The predicted octanol–water partition coefficient (Wildman–Crippen LogP) is 25.5. The second-order valence-electron chi connectivity index (χ2n) is 24.8. The van der Waals surface area contributed by atoms with Crippen molar-refractivity contribution < 1.29 is 28.6 Å². The fraction of sp³-hybridized carbons (Fsp3) is 0.831. The van der Waals surface area contributed by atoms with E-state index in [9.17, 15) is 14.4 Å². The molecule has 1 atom stereocenters. The second kappa shape index (κ2) is 71.6. The van der Waals surface area contributed by atoms with Crippen LogP contribution >= 0.6 is 0 Å².